The molecule has 0 aromatic rings. The van der Waals surface area contributed by atoms with Crippen LogP contribution in [0.15, 0.2) is 12.2 Å². The van der Waals surface area contributed by atoms with Crippen LogP contribution >= 0.6 is 0 Å². The number of ether oxygens (including phenoxy) is 3. The second-order valence-corrected chi connectivity index (χ2v) is 13.2. The molecule has 1 N–H and O–H groups in total. The summed E-state index contributed by atoms with van der Waals surface area (Å²) in [7, 11) is -1.06. The number of carbonyl (C=O) groups is 1. The summed E-state index contributed by atoms with van der Waals surface area (Å²) in [6, 6.07) is 1.13. The number of aliphatic hydroxyl groups excluding tert-OH is 1. The third kappa shape index (κ3) is 7.72. The predicted molar refractivity (Wildman–Crippen MR) is 93.1 cm³/mol. The summed E-state index contributed by atoms with van der Waals surface area (Å²) in [6.07, 6.45) is 3.22. The molecule has 0 radical (unpaired) electrons. The molecule has 0 saturated heterocycles. The quantitative estimate of drug-likeness (QED) is 0.285. The number of ketones is 1. The first-order chi connectivity index (χ1) is 10.7. The van der Waals surface area contributed by atoms with Crippen molar-refractivity contribution in [3.63, 3.8) is 0 Å². The molecule has 0 bridgehead atoms. The van der Waals surface area contributed by atoms with Crippen LogP contribution in [-0.2, 0) is 19.0 Å². The van der Waals surface area contributed by atoms with E-state index in [1.165, 1.54) is 0 Å². The van der Waals surface area contributed by atoms with Crippen LogP contribution in [0, 0.1) is 11.8 Å². The Labute approximate surface area is 141 Å². The lowest BCUT2D eigenvalue weighted by molar-refractivity contribution is -0.143. The minimum Gasteiger partial charge on any atom is -0.388 e. The van der Waals surface area contributed by atoms with E-state index < -0.39 is 20.8 Å². The van der Waals surface area contributed by atoms with Crippen LogP contribution in [0.25, 0.3) is 0 Å². The molecule has 4 atom stereocenters. The summed E-state index contributed by atoms with van der Waals surface area (Å²) in [5, 5.41) is 9.02. The van der Waals surface area contributed by atoms with Crippen LogP contribution in [0.3, 0.4) is 0 Å². The van der Waals surface area contributed by atoms with Gasteiger partial charge in [-0.15, -0.1) is 0 Å². The van der Waals surface area contributed by atoms with Gasteiger partial charge >= 0.3 is 0 Å². The van der Waals surface area contributed by atoms with Gasteiger partial charge in [0.1, 0.15) is 19.5 Å². The van der Waals surface area contributed by atoms with Gasteiger partial charge in [0.05, 0.1) is 12.7 Å². The Morgan fingerprint density at radius 1 is 1.30 bits per heavy atom. The zero-order valence-corrected chi connectivity index (χ0v) is 16.1. The normalized spacial score (nSPS) is 26.3. The van der Waals surface area contributed by atoms with E-state index in [1.54, 1.807) is 0 Å². The van der Waals surface area contributed by atoms with E-state index in [2.05, 4.69) is 19.6 Å². The van der Waals surface area contributed by atoms with E-state index in [4.69, 9.17) is 19.3 Å². The fourth-order valence-corrected chi connectivity index (χ4v) is 3.09. The predicted octanol–water partition coefficient (Wildman–Crippen LogP) is 2.47. The zero-order valence-electron chi connectivity index (χ0n) is 15.1. The first kappa shape index (κ1) is 20.5. The minimum absolute atomic E-state index is 0.0103. The van der Waals surface area contributed by atoms with Crippen LogP contribution in [0.5, 0.6) is 0 Å². The van der Waals surface area contributed by atoms with Crippen molar-refractivity contribution in [2.24, 2.45) is 11.8 Å². The van der Waals surface area contributed by atoms with E-state index in [0.717, 1.165) is 12.7 Å². The Morgan fingerprint density at radius 2 is 2.00 bits per heavy atom. The standard InChI is InChI=1S/C17H32O5Si/c1-13-6-7-16(22-17(13)15(19)10-18)14(2)11-21-12-20-8-9-23(3,4)5/h6-7,13-14,16-18H,8-12H2,1-5H3/t13-,14-,16+,17+/m0/s1. The van der Waals surface area contributed by atoms with Crippen LogP contribution in [0.4, 0.5) is 0 Å². The highest BCUT2D eigenvalue weighted by Crippen LogP contribution is 2.23. The van der Waals surface area contributed by atoms with Gasteiger partial charge < -0.3 is 19.3 Å². The van der Waals surface area contributed by atoms with E-state index >= 15 is 0 Å². The van der Waals surface area contributed by atoms with E-state index in [9.17, 15) is 4.79 Å². The summed E-state index contributed by atoms with van der Waals surface area (Å²) < 4.78 is 16.9. The van der Waals surface area contributed by atoms with Gasteiger partial charge in [-0.3, -0.25) is 4.79 Å². The van der Waals surface area contributed by atoms with Crippen molar-refractivity contribution in [1.82, 2.24) is 0 Å². The van der Waals surface area contributed by atoms with Crippen LogP contribution in [-0.4, -0.2) is 57.8 Å². The highest BCUT2D eigenvalue weighted by atomic mass is 28.3. The summed E-state index contributed by atoms with van der Waals surface area (Å²) in [5.41, 5.74) is 0. The molecule has 0 amide bonds. The molecule has 0 saturated carbocycles. The minimum atomic E-state index is -1.06. The third-order valence-corrected chi connectivity index (χ3v) is 5.67. The maximum atomic E-state index is 11.7. The Morgan fingerprint density at radius 3 is 2.61 bits per heavy atom. The van der Waals surface area contributed by atoms with Crippen molar-refractivity contribution in [2.45, 2.75) is 51.7 Å². The van der Waals surface area contributed by atoms with E-state index in [-0.39, 0.29) is 23.7 Å². The topological polar surface area (TPSA) is 65.0 Å². The van der Waals surface area contributed by atoms with Crippen LogP contribution in [0.2, 0.25) is 25.7 Å². The van der Waals surface area contributed by atoms with Gasteiger partial charge in [-0.2, -0.15) is 0 Å². The summed E-state index contributed by atoms with van der Waals surface area (Å²) in [6.45, 7) is 12.0. The molecular weight excluding hydrogens is 312 g/mol. The molecular formula is C17H32O5Si. The molecule has 134 valence electrons. The van der Waals surface area contributed by atoms with Gasteiger partial charge in [-0.25, -0.2) is 0 Å². The number of hydrogen-bond donors (Lipinski definition) is 1. The van der Waals surface area contributed by atoms with Crippen molar-refractivity contribution in [1.29, 1.82) is 0 Å². The lowest BCUT2D eigenvalue weighted by Crippen LogP contribution is -2.41. The van der Waals surface area contributed by atoms with Gasteiger partial charge in [-0.1, -0.05) is 45.6 Å². The molecule has 0 aromatic carbocycles. The fraction of sp³-hybridized carbons (Fsp3) is 0.824. The molecule has 6 heteroatoms. The van der Waals surface area contributed by atoms with Crippen LogP contribution < -0.4 is 0 Å². The number of carbonyl (C=O) groups excluding carboxylic acids is 1. The molecule has 5 nitrogen and oxygen atoms in total. The van der Waals surface area contributed by atoms with Gasteiger partial charge in [0.25, 0.3) is 0 Å². The summed E-state index contributed by atoms with van der Waals surface area (Å²) in [5.74, 6) is -0.160. The molecule has 1 aliphatic rings. The second kappa shape index (κ2) is 9.69. The number of rotatable bonds is 10. The Bertz CT molecular complexity index is 391. The van der Waals surface area contributed by atoms with Crippen molar-refractivity contribution in [3.8, 4) is 0 Å². The first-order valence-corrected chi connectivity index (χ1v) is 12.1. The first-order valence-electron chi connectivity index (χ1n) is 8.37. The average Bonchev–Trinajstić information content (AvgIpc) is 2.49. The second-order valence-electron chi connectivity index (χ2n) is 7.57. The molecule has 0 aliphatic carbocycles. The summed E-state index contributed by atoms with van der Waals surface area (Å²) >= 11 is 0. The smallest absolute Gasteiger partial charge is 0.187 e. The van der Waals surface area contributed by atoms with Crippen molar-refractivity contribution in [3.05, 3.63) is 12.2 Å². The van der Waals surface area contributed by atoms with E-state index in [0.29, 0.717) is 13.4 Å². The van der Waals surface area contributed by atoms with Gasteiger partial charge in [0.15, 0.2) is 5.78 Å². The van der Waals surface area contributed by atoms with Gasteiger partial charge in [0.2, 0.25) is 0 Å². The molecule has 1 heterocycles. The third-order valence-electron chi connectivity index (χ3n) is 3.96. The molecule has 0 spiro atoms. The monoisotopic (exact) mass is 344 g/mol. The van der Waals surface area contributed by atoms with Crippen molar-refractivity contribution < 1.29 is 24.1 Å². The Hall–Kier alpha value is -0.533. The highest BCUT2D eigenvalue weighted by Gasteiger charge is 2.31. The van der Waals surface area contributed by atoms with E-state index in [1.807, 2.05) is 26.0 Å². The van der Waals surface area contributed by atoms with Crippen molar-refractivity contribution in [2.75, 3.05) is 26.6 Å². The number of Topliss-reactive ketones (excluding diaryl/α,β-unsaturated/α-hetero) is 1. The molecule has 23 heavy (non-hydrogen) atoms. The maximum absolute atomic E-state index is 11.7. The molecule has 1 rings (SSSR count). The number of hydrogen-bond acceptors (Lipinski definition) is 5. The maximum Gasteiger partial charge on any atom is 0.187 e. The Kier molecular flexibility index (Phi) is 8.64. The van der Waals surface area contributed by atoms with Crippen LogP contribution in [0.1, 0.15) is 13.8 Å². The van der Waals surface area contributed by atoms with Gasteiger partial charge in [-0.05, 0) is 6.04 Å². The van der Waals surface area contributed by atoms with Crippen molar-refractivity contribution >= 4 is 13.9 Å². The molecule has 0 aromatic heterocycles. The molecule has 0 fully saturated rings. The molecule has 1 aliphatic heterocycles. The zero-order chi connectivity index (χ0) is 17.5. The molecule has 0 unspecified atom stereocenters. The van der Waals surface area contributed by atoms with Gasteiger partial charge in [0, 0.05) is 26.5 Å². The lowest BCUT2D eigenvalue weighted by Gasteiger charge is -2.32. The lowest BCUT2D eigenvalue weighted by atomic mass is 9.93. The number of aliphatic hydroxyl groups is 1. The fourth-order valence-electron chi connectivity index (χ4n) is 2.33. The highest BCUT2D eigenvalue weighted by molar-refractivity contribution is 6.76. The Balaban J connectivity index is 2.28. The largest absolute Gasteiger partial charge is 0.388 e. The average molecular weight is 345 g/mol. The SMILES string of the molecule is C[C@H]1C=C[C@H]([C@@H](C)COCOCC[Si](C)(C)C)O[C@H]1C(=O)CO. The summed E-state index contributed by atoms with van der Waals surface area (Å²) in [4.78, 5) is 11.7.